The van der Waals surface area contributed by atoms with Gasteiger partial charge < -0.3 is 4.18 Å². The Morgan fingerprint density at radius 3 is 1.32 bits per heavy atom. The van der Waals surface area contributed by atoms with Crippen molar-refractivity contribution in [3.05, 3.63) is 122 Å². The van der Waals surface area contributed by atoms with Crippen molar-refractivity contribution in [1.29, 1.82) is 0 Å². The summed E-state index contributed by atoms with van der Waals surface area (Å²) in [6.07, 6.45) is 0. The van der Waals surface area contributed by atoms with E-state index in [2.05, 4.69) is 0 Å². The lowest BCUT2D eigenvalue weighted by Gasteiger charge is -2.19. The van der Waals surface area contributed by atoms with Crippen LogP contribution in [0.15, 0.2) is 125 Å². The highest BCUT2D eigenvalue weighted by atomic mass is 127. The summed E-state index contributed by atoms with van der Waals surface area (Å²) in [6.45, 7) is 0. The van der Waals surface area contributed by atoms with Crippen LogP contribution in [-0.4, -0.2) is 21.4 Å². The van der Waals surface area contributed by atoms with E-state index in [1.807, 2.05) is 103 Å². The van der Waals surface area contributed by atoms with E-state index in [-0.39, 0.29) is 22.7 Å². The standard InChI is InChI=1S/C30H20I2O6S2/c31-27-18-24(19-28(32)30(27)39(33,34)35)38-40(36,37)29-25(21-12-6-2-7-13-21)16-23(20-10-4-1-5-11-20)17-26(29)22-14-8-3-9-15-22/h1-19H,(H,33,34,35). The minimum atomic E-state index is -4.51. The van der Waals surface area contributed by atoms with Gasteiger partial charge in [-0.05, 0) is 91.7 Å². The van der Waals surface area contributed by atoms with Gasteiger partial charge in [-0.15, -0.1) is 0 Å². The molecule has 0 saturated carbocycles. The molecule has 5 aromatic carbocycles. The van der Waals surface area contributed by atoms with Crippen LogP contribution in [0.4, 0.5) is 0 Å². The predicted octanol–water partition coefficient (Wildman–Crippen LogP) is 7.91. The van der Waals surface area contributed by atoms with E-state index < -0.39 is 20.2 Å². The van der Waals surface area contributed by atoms with Crippen molar-refractivity contribution >= 4 is 65.4 Å². The highest BCUT2D eigenvalue weighted by Gasteiger charge is 2.29. The zero-order valence-electron chi connectivity index (χ0n) is 20.5. The zero-order valence-corrected chi connectivity index (χ0v) is 26.5. The second kappa shape index (κ2) is 11.6. The van der Waals surface area contributed by atoms with Gasteiger partial charge in [0.25, 0.3) is 10.1 Å². The maximum Gasteiger partial charge on any atom is 0.340 e. The van der Waals surface area contributed by atoms with E-state index in [0.717, 1.165) is 11.1 Å². The normalized spacial score (nSPS) is 11.8. The SMILES string of the molecule is O=S(=O)(O)c1c(I)cc(OS(=O)(=O)c2c(-c3ccccc3)cc(-c3ccccc3)cc2-c2ccccc2)cc1I. The molecule has 1 N–H and O–H groups in total. The average molecular weight is 794 g/mol. The van der Waals surface area contributed by atoms with Gasteiger partial charge in [0, 0.05) is 18.3 Å². The second-order valence-corrected chi connectivity index (χ2v) is 13.9. The molecule has 202 valence electrons. The molecular formula is C30H20I2O6S2. The second-order valence-electron chi connectivity index (χ2n) is 8.73. The van der Waals surface area contributed by atoms with Crippen LogP contribution in [-0.2, 0) is 20.2 Å². The number of benzene rings is 5. The largest absolute Gasteiger partial charge is 0.379 e. The minimum absolute atomic E-state index is 0.0200. The Bertz CT molecular complexity index is 1830. The lowest BCUT2D eigenvalue weighted by molar-refractivity contribution is 0.480. The van der Waals surface area contributed by atoms with Crippen molar-refractivity contribution in [3.63, 3.8) is 0 Å². The molecule has 0 amide bonds. The summed E-state index contributed by atoms with van der Waals surface area (Å²) in [6, 6.07) is 34.3. The molecule has 0 aromatic heterocycles. The van der Waals surface area contributed by atoms with Crippen molar-refractivity contribution in [2.24, 2.45) is 0 Å². The summed E-state index contributed by atoms with van der Waals surface area (Å²) in [4.78, 5) is -0.325. The molecule has 0 fully saturated rings. The lowest BCUT2D eigenvalue weighted by Crippen LogP contribution is -2.14. The number of halogens is 2. The maximum absolute atomic E-state index is 14.1. The summed E-state index contributed by atoms with van der Waals surface area (Å²) < 4.78 is 67.5. The van der Waals surface area contributed by atoms with Crippen LogP contribution in [0.25, 0.3) is 33.4 Å². The molecule has 0 aliphatic carbocycles. The fraction of sp³-hybridized carbons (Fsp3) is 0. The molecule has 0 unspecified atom stereocenters. The van der Waals surface area contributed by atoms with E-state index in [9.17, 15) is 21.4 Å². The summed E-state index contributed by atoms with van der Waals surface area (Å²) in [7, 11) is -8.98. The van der Waals surface area contributed by atoms with Gasteiger partial charge in [-0.1, -0.05) is 91.0 Å². The third-order valence-corrected chi connectivity index (χ3v) is 10.8. The van der Waals surface area contributed by atoms with Gasteiger partial charge in [0.1, 0.15) is 15.5 Å². The van der Waals surface area contributed by atoms with E-state index in [0.29, 0.717) is 22.3 Å². The molecule has 0 heterocycles. The predicted molar refractivity (Wildman–Crippen MR) is 172 cm³/mol. The topological polar surface area (TPSA) is 97.7 Å². The van der Waals surface area contributed by atoms with E-state index >= 15 is 0 Å². The van der Waals surface area contributed by atoms with Gasteiger partial charge in [-0.3, -0.25) is 4.55 Å². The Balaban J connectivity index is 1.78. The molecular weight excluding hydrogens is 774 g/mol. The number of rotatable bonds is 7. The van der Waals surface area contributed by atoms with Crippen LogP contribution in [0.3, 0.4) is 0 Å². The molecule has 0 spiro atoms. The molecule has 0 aliphatic heterocycles. The van der Waals surface area contributed by atoms with E-state index in [4.69, 9.17) is 4.18 Å². The van der Waals surface area contributed by atoms with Gasteiger partial charge in [-0.25, -0.2) is 0 Å². The molecule has 10 heteroatoms. The lowest BCUT2D eigenvalue weighted by atomic mass is 9.93. The first-order valence-corrected chi connectivity index (χ1v) is 16.8. The van der Waals surface area contributed by atoms with Crippen LogP contribution in [0.1, 0.15) is 0 Å². The van der Waals surface area contributed by atoms with E-state index in [1.165, 1.54) is 12.1 Å². The third-order valence-electron chi connectivity index (χ3n) is 6.05. The summed E-state index contributed by atoms with van der Waals surface area (Å²) in [5.41, 5.74) is 4.04. The third kappa shape index (κ3) is 6.10. The first-order chi connectivity index (χ1) is 19.0. The Morgan fingerprint density at radius 1 is 0.525 bits per heavy atom. The molecule has 0 radical (unpaired) electrons. The average Bonchev–Trinajstić information content (AvgIpc) is 2.92. The smallest absolute Gasteiger partial charge is 0.340 e. The first-order valence-electron chi connectivity index (χ1n) is 11.8. The summed E-state index contributed by atoms with van der Waals surface area (Å²) >= 11 is 3.45. The number of hydrogen-bond donors (Lipinski definition) is 1. The summed E-state index contributed by atoms with van der Waals surface area (Å²) in [5.74, 6) is -0.0774. The highest BCUT2D eigenvalue weighted by molar-refractivity contribution is 14.1. The minimum Gasteiger partial charge on any atom is -0.379 e. The molecule has 40 heavy (non-hydrogen) atoms. The van der Waals surface area contributed by atoms with Gasteiger partial charge in [0.15, 0.2) is 0 Å². The van der Waals surface area contributed by atoms with Gasteiger partial charge in [-0.2, -0.15) is 16.8 Å². The Morgan fingerprint density at radius 2 is 0.925 bits per heavy atom. The van der Waals surface area contributed by atoms with Crippen LogP contribution in [0.5, 0.6) is 5.75 Å². The van der Waals surface area contributed by atoms with Crippen molar-refractivity contribution in [2.45, 2.75) is 9.79 Å². The fourth-order valence-corrected chi connectivity index (χ4v) is 9.68. The number of hydrogen-bond acceptors (Lipinski definition) is 5. The Kier molecular flexibility index (Phi) is 8.34. The van der Waals surface area contributed by atoms with Crippen molar-refractivity contribution in [3.8, 4) is 39.1 Å². The van der Waals surface area contributed by atoms with Gasteiger partial charge in [0.2, 0.25) is 0 Å². The maximum atomic E-state index is 14.1. The molecule has 6 nitrogen and oxygen atoms in total. The van der Waals surface area contributed by atoms with Crippen molar-refractivity contribution in [2.75, 3.05) is 0 Å². The Hall–Kier alpha value is -2.78. The summed E-state index contributed by atoms with van der Waals surface area (Å²) in [5, 5.41) is 0. The quantitative estimate of drug-likeness (QED) is 0.102. The molecule has 0 saturated heterocycles. The van der Waals surface area contributed by atoms with Crippen molar-refractivity contribution in [1.82, 2.24) is 0 Å². The first kappa shape index (κ1) is 28.7. The molecule has 0 aliphatic rings. The monoisotopic (exact) mass is 794 g/mol. The highest BCUT2D eigenvalue weighted by Crippen LogP contribution is 2.41. The molecule has 5 aromatic rings. The fourth-order valence-electron chi connectivity index (χ4n) is 4.36. The molecule has 0 bridgehead atoms. The van der Waals surface area contributed by atoms with Gasteiger partial charge >= 0.3 is 10.1 Å². The van der Waals surface area contributed by atoms with Crippen LogP contribution < -0.4 is 4.18 Å². The van der Waals surface area contributed by atoms with Crippen molar-refractivity contribution < 1.29 is 25.6 Å². The zero-order chi connectivity index (χ0) is 28.5. The van der Waals surface area contributed by atoms with Crippen LogP contribution in [0, 0.1) is 7.14 Å². The Labute approximate surface area is 260 Å². The van der Waals surface area contributed by atoms with Crippen LogP contribution in [0.2, 0.25) is 0 Å². The van der Waals surface area contributed by atoms with Crippen LogP contribution >= 0.6 is 45.2 Å². The van der Waals surface area contributed by atoms with Gasteiger partial charge in [0.05, 0.1) is 0 Å². The molecule has 0 atom stereocenters. The molecule has 5 rings (SSSR count). The van der Waals surface area contributed by atoms with E-state index in [1.54, 1.807) is 45.2 Å².